The third kappa shape index (κ3) is 3.57. The largest absolute Gasteiger partial charge is 0.368 e. The number of hydrogen-bond donors (Lipinski definition) is 2. The highest BCUT2D eigenvalue weighted by Gasteiger charge is 2.17. The zero-order chi connectivity index (χ0) is 13.7. The summed E-state index contributed by atoms with van der Waals surface area (Å²) in [5.41, 5.74) is 6.34. The van der Waals surface area contributed by atoms with Crippen molar-refractivity contribution in [1.82, 2.24) is 5.32 Å². The minimum atomic E-state index is -0.640. The van der Waals surface area contributed by atoms with Crippen molar-refractivity contribution in [3.05, 3.63) is 21.4 Å². The van der Waals surface area contributed by atoms with Gasteiger partial charge in [0, 0.05) is 4.88 Å². The summed E-state index contributed by atoms with van der Waals surface area (Å²) >= 11 is 1.51. The van der Waals surface area contributed by atoms with Crippen molar-refractivity contribution in [2.24, 2.45) is 5.73 Å². The van der Waals surface area contributed by atoms with E-state index in [0.717, 1.165) is 19.3 Å². The van der Waals surface area contributed by atoms with E-state index in [0.29, 0.717) is 4.88 Å². The molecule has 4 nitrogen and oxygen atoms in total. The molecule has 1 aromatic heterocycles. The van der Waals surface area contributed by atoms with E-state index in [-0.39, 0.29) is 5.91 Å². The van der Waals surface area contributed by atoms with E-state index in [1.165, 1.54) is 21.8 Å². The molecule has 5 heteroatoms. The molecule has 1 aromatic rings. The number of carbonyl (C=O) groups is 2. The average Bonchev–Trinajstić information content (AvgIpc) is 2.72. The Bertz CT molecular complexity index is 440. The van der Waals surface area contributed by atoms with Crippen LogP contribution < -0.4 is 11.1 Å². The first-order valence-electron chi connectivity index (χ1n) is 6.21. The van der Waals surface area contributed by atoms with Crippen molar-refractivity contribution >= 4 is 23.2 Å². The number of primary amides is 1. The lowest BCUT2D eigenvalue weighted by atomic mass is 10.1. The van der Waals surface area contributed by atoms with Crippen LogP contribution in [0.25, 0.3) is 0 Å². The van der Waals surface area contributed by atoms with Crippen LogP contribution in [0.3, 0.4) is 0 Å². The molecule has 0 aliphatic rings. The zero-order valence-corrected chi connectivity index (χ0v) is 11.9. The molecule has 0 radical (unpaired) electrons. The lowest BCUT2D eigenvalue weighted by Gasteiger charge is -2.08. The smallest absolute Gasteiger partial charge is 0.262 e. The molecule has 1 heterocycles. The fourth-order valence-corrected chi connectivity index (χ4v) is 2.91. The van der Waals surface area contributed by atoms with Crippen LogP contribution in [0.5, 0.6) is 0 Å². The van der Waals surface area contributed by atoms with Gasteiger partial charge in [0.25, 0.3) is 5.91 Å². The quantitative estimate of drug-likeness (QED) is 0.826. The first kappa shape index (κ1) is 14.7. The Labute approximate surface area is 112 Å². The summed E-state index contributed by atoms with van der Waals surface area (Å²) < 4.78 is 0. The monoisotopic (exact) mass is 268 g/mol. The molecule has 1 atom stereocenters. The number of amides is 2. The van der Waals surface area contributed by atoms with E-state index in [2.05, 4.69) is 19.2 Å². The lowest BCUT2D eigenvalue weighted by Crippen LogP contribution is -2.41. The van der Waals surface area contributed by atoms with Gasteiger partial charge in [0.05, 0.1) is 4.88 Å². The molecule has 0 saturated carbocycles. The molecule has 0 aromatic carbocycles. The average molecular weight is 268 g/mol. The third-order valence-electron chi connectivity index (χ3n) is 2.75. The van der Waals surface area contributed by atoms with Crippen molar-refractivity contribution in [2.45, 2.75) is 46.1 Å². The van der Waals surface area contributed by atoms with E-state index in [1.807, 2.05) is 6.07 Å². The Hall–Kier alpha value is -1.36. The molecule has 0 saturated heterocycles. The van der Waals surface area contributed by atoms with Crippen molar-refractivity contribution in [3.8, 4) is 0 Å². The molecule has 0 aliphatic heterocycles. The van der Waals surface area contributed by atoms with E-state index < -0.39 is 11.9 Å². The second-order valence-electron chi connectivity index (χ2n) is 4.26. The molecule has 1 rings (SSSR count). The molecule has 3 N–H and O–H groups in total. The van der Waals surface area contributed by atoms with Gasteiger partial charge in [-0.05, 0) is 31.4 Å². The van der Waals surface area contributed by atoms with Gasteiger partial charge in [-0.15, -0.1) is 11.3 Å². The molecule has 0 spiro atoms. The number of nitrogens with two attached hydrogens (primary N) is 1. The SMILES string of the molecule is CCCc1sc(C(=O)NC(C)C(N)=O)cc1CC. The first-order valence-corrected chi connectivity index (χ1v) is 7.03. The highest BCUT2D eigenvalue weighted by atomic mass is 32.1. The van der Waals surface area contributed by atoms with Crippen molar-refractivity contribution in [3.63, 3.8) is 0 Å². The fourth-order valence-electron chi connectivity index (χ4n) is 1.66. The molecular formula is C13H20N2O2S. The Morgan fingerprint density at radius 2 is 2.11 bits per heavy atom. The number of carbonyl (C=O) groups excluding carboxylic acids is 2. The number of hydrogen-bond acceptors (Lipinski definition) is 3. The van der Waals surface area contributed by atoms with Crippen LogP contribution in [0.4, 0.5) is 0 Å². The van der Waals surface area contributed by atoms with E-state index in [9.17, 15) is 9.59 Å². The van der Waals surface area contributed by atoms with Gasteiger partial charge in [-0.1, -0.05) is 20.3 Å². The summed E-state index contributed by atoms with van der Waals surface area (Å²) in [4.78, 5) is 24.8. The van der Waals surface area contributed by atoms with Crippen LogP contribution in [0.15, 0.2) is 6.07 Å². The Balaban J connectivity index is 2.83. The predicted molar refractivity (Wildman–Crippen MR) is 73.8 cm³/mol. The number of rotatable bonds is 6. The van der Waals surface area contributed by atoms with Crippen molar-refractivity contribution < 1.29 is 9.59 Å². The number of nitrogens with one attached hydrogen (secondary N) is 1. The van der Waals surface area contributed by atoms with Gasteiger partial charge in [0.1, 0.15) is 6.04 Å². The summed E-state index contributed by atoms with van der Waals surface area (Å²) in [6, 6.07) is 1.28. The van der Waals surface area contributed by atoms with Gasteiger partial charge in [-0.3, -0.25) is 9.59 Å². The number of thiophene rings is 1. The Morgan fingerprint density at radius 3 is 2.61 bits per heavy atom. The summed E-state index contributed by atoms with van der Waals surface area (Å²) in [6.45, 7) is 5.78. The fraction of sp³-hybridized carbons (Fsp3) is 0.538. The van der Waals surface area contributed by atoms with Crippen LogP contribution in [-0.4, -0.2) is 17.9 Å². The molecule has 18 heavy (non-hydrogen) atoms. The van der Waals surface area contributed by atoms with Crippen LogP contribution in [0.1, 0.15) is 47.3 Å². The lowest BCUT2D eigenvalue weighted by molar-refractivity contribution is -0.119. The molecule has 0 aliphatic carbocycles. The number of aryl methyl sites for hydroxylation is 2. The molecule has 100 valence electrons. The predicted octanol–water partition coefficient (Wildman–Crippen LogP) is 1.87. The topological polar surface area (TPSA) is 72.2 Å². The van der Waals surface area contributed by atoms with Crippen LogP contribution in [-0.2, 0) is 17.6 Å². The van der Waals surface area contributed by atoms with Crippen molar-refractivity contribution in [2.75, 3.05) is 0 Å². The molecule has 0 fully saturated rings. The first-order chi connectivity index (χ1) is 8.49. The van der Waals surface area contributed by atoms with Gasteiger partial charge in [-0.2, -0.15) is 0 Å². The normalized spacial score (nSPS) is 12.2. The maximum absolute atomic E-state index is 11.9. The van der Waals surface area contributed by atoms with Gasteiger partial charge >= 0.3 is 0 Å². The van der Waals surface area contributed by atoms with Crippen LogP contribution in [0, 0.1) is 0 Å². The highest BCUT2D eigenvalue weighted by Crippen LogP contribution is 2.24. The molecular weight excluding hydrogens is 248 g/mol. The van der Waals surface area contributed by atoms with Gasteiger partial charge in [0.15, 0.2) is 0 Å². The van der Waals surface area contributed by atoms with Gasteiger partial charge in [-0.25, -0.2) is 0 Å². The maximum Gasteiger partial charge on any atom is 0.262 e. The standard InChI is InChI=1S/C13H20N2O2S/c1-4-6-10-9(5-2)7-11(18-10)13(17)15-8(3)12(14)16/h7-8H,4-6H2,1-3H3,(H2,14,16)(H,15,17). The third-order valence-corrected chi connectivity index (χ3v) is 3.99. The second-order valence-corrected chi connectivity index (χ2v) is 5.40. The summed E-state index contributed by atoms with van der Waals surface area (Å²) in [7, 11) is 0. The minimum absolute atomic E-state index is 0.219. The van der Waals surface area contributed by atoms with Crippen LogP contribution in [0.2, 0.25) is 0 Å². The van der Waals surface area contributed by atoms with E-state index >= 15 is 0 Å². The highest BCUT2D eigenvalue weighted by molar-refractivity contribution is 7.14. The summed E-state index contributed by atoms with van der Waals surface area (Å²) in [5, 5.41) is 2.60. The Morgan fingerprint density at radius 1 is 1.44 bits per heavy atom. The second kappa shape index (κ2) is 6.54. The van der Waals surface area contributed by atoms with E-state index in [1.54, 1.807) is 6.92 Å². The van der Waals surface area contributed by atoms with Gasteiger partial charge in [0.2, 0.25) is 5.91 Å². The van der Waals surface area contributed by atoms with E-state index in [4.69, 9.17) is 5.73 Å². The molecule has 2 amide bonds. The zero-order valence-electron chi connectivity index (χ0n) is 11.1. The van der Waals surface area contributed by atoms with Crippen molar-refractivity contribution in [1.29, 1.82) is 0 Å². The minimum Gasteiger partial charge on any atom is -0.368 e. The van der Waals surface area contributed by atoms with Gasteiger partial charge < -0.3 is 11.1 Å². The maximum atomic E-state index is 11.9. The summed E-state index contributed by atoms with van der Waals surface area (Å²) in [6.07, 6.45) is 2.98. The Kier molecular flexibility index (Phi) is 5.34. The molecule has 0 bridgehead atoms. The summed E-state index contributed by atoms with van der Waals surface area (Å²) in [5.74, 6) is -0.743. The van der Waals surface area contributed by atoms with Crippen LogP contribution >= 0.6 is 11.3 Å². The molecule has 1 unspecified atom stereocenters.